The molecule has 0 saturated carbocycles. The van der Waals surface area contributed by atoms with Crippen molar-refractivity contribution in [3.05, 3.63) is 0 Å². The summed E-state index contributed by atoms with van der Waals surface area (Å²) < 4.78 is 10.2. The zero-order valence-corrected chi connectivity index (χ0v) is 4.03. The van der Waals surface area contributed by atoms with Crippen LogP contribution in [0.2, 0.25) is 0 Å². The van der Waals surface area contributed by atoms with Gasteiger partial charge in [-0.05, 0) is 0 Å². The first-order chi connectivity index (χ1) is 1.91. The molecule has 0 atom stereocenters. The average molecular weight is 174 g/mol. The van der Waals surface area contributed by atoms with Gasteiger partial charge in [0.15, 0.2) is 0 Å². The van der Waals surface area contributed by atoms with Crippen molar-refractivity contribution >= 4 is 27.7 Å². The van der Waals surface area contributed by atoms with Crippen LogP contribution in [0.3, 0.4) is 0 Å². The Kier molecular flexibility index (Phi) is 4.32. The van der Waals surface area contributed by atoms with E-state index in [1.165, 1.54) is 0 Å². The molecular formula is HBFIO. The summed E-state index contributed by atoms with van der Waals surface area (Å²) in [7, 11) is 0. The van der Waals surface area contributed by atoms with Gasteiger partial charge in [0.25, 0.3) is 0 Å². The van der Waals surface area contributed by atoms with Gasteiger partial charge in [-0.25, -0.2) is 0 Å². The number of rotatable bonds is 1. The summed E-state index contributed by atoms with van der Waals surface area (Å²) in [6.07, 6.45) is 0. The number of hydrogen-bond donors (Lipinski definition) is 0. The fourth-order valence-corrected chi connectivity index (χ4v) is 0. The molecular weight excluding hydrogens is 173 g/mol. The van der Waals surface area contributed by atoms with Crippen molar-refractivity contribution in [2.24, 2.45) is 0 Å². The lowest BCUT2D eigenvalue weighted by Crippen LogP contribution is -1.67. The molecule has 0 aliphatic heterocycles. The van der Waals surface area contributed by atoms with Crippen molar-refractivity contribution in [2.45, 2.75) is 0 Å². The van der Waals surface area contributed by atoms with E-state index >= 15 is 0 Å². The third kappa shape index (κ3) is 2.68. The van der Waals surface area contributed by atoms with Gasteiger partial charge >= 0.3 is 5.34 Å². The van der Waals surface area contributed by atoms with Gasteiger partial charge in [-0.2, -0.15) is 0 Å². The topological polar surface area (TPSA) is 9.23 Å². The van der Waals surface area contributed by atoms with Gasteiger partial charge in [0.05, 0.1) is 0 Å². The molecule has 0 aliphatic rings. The van der Waals surface area contributed by atoms with Crippen molar-refractivity contribution in [1.29, 1.82) is 0 Å². The zero-order valence-electron chi connectivity index (χ0n) is 1.87. The zero-order chi connectivity index (χ0) is 3.41. The summed E-state index contributed by atoms with van der Waals surface area (Å²) in [6.45, 7) is 0. The van der Waals surface area contributed by atoms with E-state index in [1.807, 2.05) is 0 Å². The lowest BCUT2D eigenvalue weighted by Gasteiger charge is -1.63. The van der Waals surface area contributed by atoms with Crippen molar-refractivity contribution in [1.82, 2.24) is 0 Å². The van der Waals surface area contributed by atoms with E-state index in [2.05, 4.69) is 4.86 Å². The highest BCUT2D eigenvalue weighted by Crippen LogP contribution is 1.74. The first-order valence-electron chi connectivity index (χ1n) is 0.710. The average Bonchev–Trinajstić information content (AvgIpc) is 1.37. The van der Waals surface area contributed by atoms with Gasteiger partial charge < -0.3 is 0 Å². The normalized spacial score (nSPS) is 6.50. The molecule has 0 fully saturated rings. The molecule has 0 aliphatic carbocycles. The van der Waals surface area contributed by atoms with Crippen LogP contribution in [0.1, 0.15) is 0 Å². The minimum atomic E-state index is 0.123. The first-order valence-corrected chi connectivity index (χ1v) is 2.24. The Balaban J connectivity index is 1.97. The van der Waals surface area contributed by atoms with E-state index in [1.54, 1.807) is 22.4 Å². The summed E-state index contributed by atoms with van der Waals surface area (Å²) in [4.78, 5) is 3.03. The molecule has 4 heavy (non-hydrogen) atoms. The molecule has 0 saturated heterocycles. The van der Waals surface area contributed by atoms with Crippen molar-refractivity contribution in [2.75, 3.05) is 0 Å². The summed E-state index contributed by atoms with van der Waals surface area (Å²) in [5.41, 5.74) is 0. The van der Waals surface area contributed by atoms with Crippen LogP contribution < -0.4 is 0 Å². The highest BCUT2D eigenvalue weighted by Gasteiger charge is 1.69. The van der Waals surface area contributed by atoms with Crippen LogP contribution in [0, 0.1) is 0 Å². The summed E-state index contributed by atoms with van der Waals surface area (Å²) in [5.74, 6) is 0. The summed E-state index contributed by atoms with van der Waals surface area (Å²) in [5, 5.41) is 0.123. The maximum atomic E-state index is 10.2. The molecule has 0 N–H and O–H groups in total. The Labute approximate surface area is 37.6 Å². The second-order valence-corrected chi connectivity index (χ2v) is 0.841. The molecule has 0 aromatic rings. The van der Waals surface area contributed by atoms with Crippen molar-refractivity contribution in [3.8, 4) is 0 Å². The summed E-state index contributed by atoms with van der Waals surface area (Å²) >= 11 is 1.75. The number of hydrogen-bond acceptors (Lipinski definition) is 1. The maximum Gasteiger partial charge on any atom is 0.398 e. The smallest absolute Gasteiger partial charge is 0.254 e. The molecule has 0 aromatic heterocycles. The second-order valence-electron chi connectivity index (χ2n) is 0.218. The molecule has 0 unspecified atom stereocenters. The van der Waals surface area contributed by atoms with Crippen molar-refractivity contribution < 1.29 is 9.39 Å². The van der Waals surface area contributed by atoms with Crippen LogP contribution in [-0.2, 0) is 4.86 Å². The van der Waals surface area contributed by atoms with Crippen LogP contribution >= 0.6 is 22.4 Å². The Morgan fingerprint density at radius 1 is 2.00 bits per heavy atom. The molecule has 0 rings (SSSR count). The quantitative estimate of drug-likeness (QED) is 0.417. The molecule has 0 aromatic carbocycles. The van der Waals surface area contributed by atoms with Gasteiger partial charge in [0.1, 0.15) is 0 Å². The highest BCUT2D eigenvalue weighted by atomic mass is 127. The largest absolute Gasteiger partial charge is 0.398 e. The minimum absolute atomic E-state index is 0.123. The maximum absolute atomic E-state index is 10.2. The van der Waals surface area contributed by atoms with Crippen LogP contribution in [0.15, 0.2) is 0 Å². The fourth-order valence-electron chi connectivity index (χ4n) is 0. The molecule has 4 heteroatoms. The third-order valence-corrected chi connectivity index (χ3v) is 0.277. The molecule has 0 amide bonds. The lowest BCUT2D eigenvalue weighted by atomic mass is 10.6. The van der Waals surface area contributed by atoms with Gasteiger partial charge in [0, 0.05) is 0 Å². The van der Waals surface area contributed by atoms with Gasteiger partial charge in [-0.3, -0.25) is 4.86 Å². The predicted molar refractivity (Wildman–Crippen MR) is 23.4 cm³/mol. The van der Waals surface area contributed by atoms with Gasteiger partial charge in [0.2, 0.25) is 0 Å². The fraction of sp³-hybridized carbons (Fsp3) is 0. The summed E-state index contributed by atoms with van der Waals surface area (Å²) in [6, 6.07) is 0. The van der Waals surface area contributed by atoms with Crippen LogP contribution in [0.4, 0.5) is 4.53 Å². The first kappa shape index (κ1) is 4.68. The van der Waals surface area contributed by atoms with Crippen LogP contribution in [-0.4, -0.2) is 5.34 Å². The number of halogens is 2. The highest BCUT2D eigenvalue weighted by molar-refractivity contribution is 14.1. The standard InChI is InChI=1S/BFHIO/c2-4-1-3/h1H. The Morgan fingerprint density at radius 2 is 2.25 bits per heavy atom. The van der Waals surface area contributed by atoms with E-state index in [-0.39, 0.29) is 5.34 Å². The van der Waals surface area contributed by atoms with Gasteiger partial charge in [-0.1, -0.05) is 4.53 Å². The molecule has 0 heterocycles. The Morgan fingerprint density at radius 3 is 2.25 bits per heavy atom. The van der Waals surface area contributed by atoms with Crippen molar-refractivity contribution in [3.63, 3.8) is 0 Å². The molecule has 1 nitrogen and oxygen atoms in total. The van der Waals surface area contributed by atoms with E-state index in [0.717, 1.165) is 0 Å². The van der Waals surface area contributed by atoms with E-state index < -0.39 is 0 Å². The van der Waals surface area contributed by atoms with Crippen LogP contribution in [0.25, 0.3) is 0 Å². The Hall–Kier alpha value is 0.685. The second kappa shape index (κ2) is 3.68. The lowest BCUT2D eigenvalue weighted by molar-refractivity contribution is 0.00369. The molecule has 0 radical (unpaired) electrons. The Bertz CT molecular complexity index is 10.0. The molecule has 0 bridgehead atoms. The monoisotopic (exact) mass is 174 g/mol. The third-order valence-electron chi connectivity index (χ3n) is 0.0412. The van der Waals surface area contributed by atoms with Crippen LogP contribution in [0.5, 0.6) is 0 Å². The molecule has 24 valence electrons. The van der Waals surface area contributed by atoms with Gasteiger partial charge in [-0.15, -0.1) is 22.4 Å². The van der Waals surface area contributed by atoms with E-state index in [0.29, 0.717) is 0 Å². The molecule has 0 spiro atoms. The SMILES string of the molecule is FOBI. The van der Waals surface area contributed by atoms with E-state index in [9.17, 15) is 4.53 Å². The predicted octanol–water partition coefficient (Wildman–Crippen LogP) is 0.589. The minimum Gasteiger partial charge on any atom is -0.254 e. The van der Waals surface area contributed by atoms with E-state index in [4.69, 9.17) is 0 Å².